The van der Waals surface area contributed by atoms with Crippen molar-refractivity contribution in [2.24, 2.45) is 0 Å². The highest BCUT2D eigenvalue weighted by Gasteiger charge is 2.23. The molecule has 0 atom stereocenters. The van der Waals surface area contributed by atoms with Crippen LogP contribution in [0.2, 0.25) is 0 Å². The fourth-order valence-electron chi connectivity index (χ4n) is 3.46. The summed E-state index contributed by atoms with van der Waals surface area (Å²) in [4.78, 5) is 43.7. The number of nitrogens with one attached hydrogen (secondary N) is 1. The lowest BCUT2D eigenvalue weighted by Crippen LogP contribution is -2.42. The van der Waals surface area contributed by atoms with E-state index in [4.69, 9.17) is 4.42 Å². The highest BCUT2D eigenvalue weighted by atomic mass is 32.1. The zero-order chi connectivity index (χ0) is 21.5. The molecule has 0 bridgehead atoms. The molecule has 1 aliphatic rings. The SMILES string of the molecule is CCN(CC)C(=O)CN1CCCN(C(=O)c2ccc(NC(=O)c3ccco3)s2)CC1. The van der Waals surface area contributed by atoms with E-state index >= 15 is 0 Å². The van der Waals surface area contributed by atoms with E-state index in [9.17, 15) is 14.4 Å². The Morgan fingerprint density at radius 3 is 2.60 bits per heavy atom. The second kappa shape index (κ2) is 10.4. The quantitative estimate of drug-likeness (QED) is 0.727. The van der Waals surface area contributed by atoms with Crippen LogP contribution in [0.15, 0.2) is 34.9 Å². The number of carbonyl (C=O) groups is 3. The van der Waals surface area contributed by atoms with Gasteiger partial charge in [-0.2, -0.15) is 0 Å². The van der Waals surface area contributed by atoms with Crippen LogP contribution in [0.3, 0.4) is 0 Å². The van der Waals surface area contributed by atoms with Gasteiger partial charge in [0.1, 0.15) is 0 Å². The molecule has 0 aliphatic carbocycles. The predicted molar refractivity (Wildman–Crippen MR) is 116 cm³/mol. The Morgan fingerprint density at radius 2 is 1.90 bits per heavy atom. The topological polar surface area (TPSA) is 86.1 Å². The second-order valence-corrected chi connectivity index (χ2v) is 8.17. The lowest BCUT2D eigenvalue weighted by atomic mass is 10.3. The molecule has 1 saturated heterocycles. The molecule has 3 amide bonds. The molecule has 0 saturated carbocycles. The first-order chi connectivity index (χ1) is 14.5. The minimum atomic E-state index is -0.343. The first kappa shape index (κ1) is 22.0. The Labute approximate surface area is 180 Å². The number of carbonyl (C=O) groups excluding carboxylic acids is 3. The molecular formula is C21H28N4O4S. The molecule has 162 valence electrons. The normalized spacial score (nSPS) is 14.9. The van der Waals surface area contributed by atoms with Gasteiger partial charge in [-0.3, -0.25) is 19.3 Å². The molecule has 0 spiro atoms. The maximum atomic E-state index is 12.9. The molecule has 3 rings (SSSR count). The van der Waals surface area contributed by atoms with Crippen LogP contribution >= 0.6 is 11.3 Å². The Morgan fingerprint density at radius 1 is 1.10 bits per heavy atom. The van der Waals surface area contributed by atoms with E-state index in [2.05, 4.69) is 10.2 Å². The van der Waals surface area contributed by atoms with Crippen molar-refractivity contribution in [3.05, 3.63) is 41.2 Å². The Balaban J connectivity index is 1.54. The standard InChI is InChI=1S/C21H28N4O4S/c1-3-24(4-2)19(26)15-23-10-6-11-25(13-12-23)21(28)17-8-9-18(30-17)22-20(27)16-7-5-14-29-16/h5,7-9,14H,3-4,6,10-13,15H2,1-2H3,(H,22,27). The fraction of sp³-hybridized carbons (Fsp3) is 0.476. The van der Waals surface area contributed by atoms with Crippen LogP contribution in [0.25, 0.3) is 0 Å². The maximum Gasteiger partial charge on any atom is 0.291 e. The van der Waals surface area contributed by atoms with Crippen LogP contribution in [0.1, 0.15) is 40.5 Å². The average molecular weight is 433 g/mol. The molecule has 8 nitrogen and oxygen atoms in total. The number of rotatable bonds is 7. The molecule has 3 heterocycles. The zero-order valence-electron chi connectivity index (χ0n) is 17.4. The average Bonchev–Trinajstić information content (AvgIpc) is 3.38. The number of hydrogen-bond donors (Lipinski definition) is 1. The minimum absolute atomic E-state index is 0.0459. The summed E-state index contributed by atoms with van der Waals surface area (Å²) in [5.74, 6) is -0.0299. The van der Waals surface area contributed by atoms with E-state index < -0.39 is 0 Å². The van der Waals surface area contributed by atoms with E-state index in [1.807, 2.05) is 23.6 Å². The summed E-state index contributed by atoms with van der Waals surface area (Å²) in [5, 5.41) is 3.35. The van der Waals surface area contributed by atoms with Crippen molar-refractivity contribution in [1.29, 1.82) is 0 Å². The number of likely N-dealkylation sites (N-methyl/N-ethyl adjacent to an activating group) is 1. The van der Waals surface area contributed by atoms with E-state index in [1.54, 1.807) is 24.3 Å². The molecule has 0 unspecified atom stereocenters. The molecule has 1 fully saturated rings. The highest BCUT2D eigenvalue weighted by molar-refractivity contribution is 7.18. The summed E-state index contributed by atoms with van der Waals surface area (Å²) in [6, 6.07) is 6.70. The Kier molecular flexibility index (Phi) is 7.64. The van der Waals surface area contributed by atoms with Crippen molar-refractivity contribution in [3.8, 4) is 0 Å². The van der Waals surface area contributed by atoms with Gasteiger partial charge in [0.25, 0.3) is 11.8 Å². The van der Waals surface area contributed by atoms with Crippen molar-refractivity contribution < 1.29 is 18.8 Å². The molecular weight excluding hydrogens is 404 g/mol. The zero-order valence-corrected chi connectivity index (χ0v) is 18.2. The molecule has 9 heteroatoms. The third-order valence-electron chi connectivity index (χ3n) is 5.15. The predicted octanol–water partition coefficient (Wildman–Crippen LogP) is 2.61. The highest BCUT2D eigenvalue weighted by Crippen LogP contribution is 2.24. The van der Waals surface area contributed by atoms with Gasteiger partial charge in [-0.25, -0.2) is 0 Å². The van der Waals surface area contributed by atoms with Crippen LogP contribution in [0.5, 0.6) is 0 Å². The van der Waals surface area contributed by atoms with Gasteiger partial charge >= 0.3 is 0 Å². The number of hydrogen-bond acceptors (Lipinski definition) is 6. The first-order valence-corrected chi connectivity index (χ1v) is 11.1. The van der Waals surface area contributed by atoms with E-state index in [-0.39, 0.29) is 23.5 Å². The van der Waals surface area contributed by atoms with Gasteiger partial charge in [-0.05, 0) is 44.5 Å². The van der Waals surface area contributed by atoms with Crippen molar-refractivity contribution in [2.45, 2.75) is 20.3 Å². The third kappa shape index (κ3) is 5.48. The monoisotopic (exact) mass is 432 g/mol. The lowest BCUT2D eigenvalue weighted by molar-refractivity contribution is -0.132. The van der Waals surface area contributed by atoms with E-state index in [0.29, 0.717) is 49.1 Å². The van der Waals surface area contributed by atoms with Gasteiger partial charge in [-0.1, -0.05) is 0 Å². The summed E-state index contributed by atoms with van der Waals surface area (Å²) in [6.07, 6.45) is 2.27. The van der Waals surface area contributed by atoms with Gasteiger partial charge in [-0.15, -0.1) is 11.3 Å². The Hall–Kier alpha value is -2.65. The summed E-state index contributed by atoms with van der Waals surface area (Å²) in [6.45, 7) is 8.49. The van der Waals surface area contributed by atoms with Crippen molar-refractivity contribution >= 4 is 34.1 Å². The van der Waals surface area contributed by atoms with Crippen molar-refractivity contribution in [1.82, 2.24) is 14.7 Å². The lowest BCUT2D eigenvalue weighted by Gasteiger charge is -2.25. The summed E-state index contributed by atoms with van der Waals surface area (Å²) in [7, 11) is 0. The largest absolute Gasteiger partial charge is 0.459 e. The molecule has 2 aromatic heterocycles. The van der Waals surface area contributed by atoms with Gasteiger partial charge in [0.2, 0.25) is 5.91 Å². The minimum Gasteiger partial charge on any atom is -0.459 e. The fourth-order valence-corrected chi connectivity index (χ4v) is 4.33. The van der Waals surface area contributed by atoms with Gasteiger partial charge in [0, 0.05) is 39.3 Å². The molecule has 1 N–H and O–H groups in total. The third-order valence-corrected chi connectivity index (χ3v) is 6.14. The van der Waals surface area contributed by atoms with Gasteiger partial charge in [0.15, 0.2) is 5.76 Å². The maximum absolute atomic E-state index is 12.9. The second-order valence-electron chi connectivity index (χ2n) is 7.08. The number of amides is 3. The number of nitrogens with zero attached hydrogens (tertiary/aromatic N) is 3. The van der Waals surface area contributed by atoms with Crippen molar-refractivity contribution in [2.75, 3.05) is 51.1 Å². The summed E-state index contributed by atoms with van der Waals surface area (Å²) < 4.78 is 5.08. The first-order valence-electron chi connectivity index (χ1n) is 10.3. The number of furan rings is 1. The number of thiophene rings is 1. The Bertz CT molecular complexity index is 860. The van der Waals surface area contributed by atoms with Crippen LogP contribution < -0.4 is 5.32 Å². The van der Waals surface area contributed by atoms with Gasteiger partial charge < -0.3 is 19.5 Å². The summed E-state index contributed by atoms with van der Waals surface area (Å²) in [5.41, 5.74) is 0. The smallest absolute Gasteiger partial charge is 0.291 e. The van der Waals surface area contributed by atoms with E-state index in [1.165, 1.54) is 17.6 Å². The van der Waals surface area contributed by atoms with Crippen molar-refractivity contribution in [3.63, 3.8) is 0 Å². The molecule has 2 aromatic rings. The van der Waals surface area contributed by atoms with Crippen LogP contribution in [0, 0.1) is 0 Å². The van der Waals surface area contributed by atoms with Gasteiger partial charge in [0.05, 0.1) is 22.7 Å². The summed E-state index contributed by atoms with van der Waals surface area (Å²) >= 11 is 1.25. The molecule has 30 heavy (non-hydrogen) atoms. The molecule has 0 aromatic carbocycles. The van der Waals surface area contributed by atoms with E-state index in [0.717, 1.165) is 13.0 Å². The molecule has 1 aliphatic heterocycles. The molecule has 0 radical (unpaired) electrons. The van der Waals surface area contributed by atoms with Crippen LogP contribution in [0.4, 0.5) is 5.00 Å². The van der Waals surface area contributed by atoms with Crippen LogP contribution in [-0.4, -0.2) is 78.2 Å². The number of anilines is 1. The van der Waals surface area contributed by atoms with Crippen LogP contribution in [-0.2, 0) is 4.79 Å².